The number of carbonyl (C=O) groups is 12. The van der Waals surface area contributed by atoms with Gasteiger partial charge in [-0.1, -0.05) is 103 Å². The molecule has 4 aliphatic rings. The van der Waals surface area contributed by atoms with E-state index in [9.17, 15) is 57.5 Å². The van der Waals surface area contributed by atoms with Gasteiger partial charge < -0.3 is 38.8 Å². The van der Waals surface area contributed by atoms with Gasteiger partial charge in [-0.3, -0.25) is 78.8 Å². The molecule has 9 amide bonds. The van der Waals surface area contributed by atoms with Crippen LogP contribution in [0, 0.1) is 0 Å². The lowest BCUT2D eigenvalue weighted by atomic mass is 10.0. The Morgan fingerprint density at radius 3 is 1.23 bits per heavy atom. The first-order valence-electron chi connectivity index (χ1n) is 28.0. The number of amides is 9. The standard InChI is InChI=1S/C19H18N2O4S.C15H17NO5S.C15H15NO5S.C13H13NO5S.CH3B/c1-25-15-8-7-12(10-16-18(23)21-19(24)26-16)9-13(15)11-17(22)20-14-5-3-2-4-6-14;2*1-3-21-13(17)8-10-6-9(4-5-11(10)20-2)7-12-14(18)16-15(19)22-12;1-19-9-3-2-7(4-8(9)6-11(15)16)5-10-12(17)14-13(18)20-10;1-2/h2-9,16H,10-11H2,1H3,(H,20,22)(H,21,23,24);4-6,12H,3,7-8H2,1-2H3,(H,16,18,19);4-7H,3,8H2,1-2H3,(H,16,18,19);2-4,10H,5-6H2,1H3,(H,15,16)(H,14,17,18);1H3. The number of imide groups is 4. The molecule has 5 aromatic carbocycles. The van der Waals surface area contributed by atoms with Gasteiger partial charge in [0.1, 0.15) is 23.0 Å². The van der Waals surface area contributed by atoms with Gasteiger partial charge in [-0.2, -0.15) is 0 Å². The summed E-state index contributed by atoms with van der Waals surface area (Å²) in [6.07, 6.45) is 2.98. The van der Waals surface area contributed by atoms with E-state index < -0.39 is 32.9 Å². The van der Waals surface area contributed by atoms with Crippen molar-refractivity contribution < 1.29 is 91.1 Å². The zero-order chi connectivity index (χ0) is 67.4. The quantitative estimate of drug-likeness (QED) is 0.0217. The zero-order valence-corrected chi connectivity index (χ0v) is 54.3. The molecule has 24 nitrogen and oxygen atoms in total. The molecule has 0 spiro atoms. The van der Waals surface area contributed by atoms with Gasteiger partial charge in [0.25, 0.3) is 26.9 Å². The van der Waals surface area contributed by atoms with E-state index in [0.29, 0.717) is 82.6 Å². The minimum absolute atomic E-state index is 0.0757. The van der Waals surface area contributed by atoms with Gasteiger partial charge in [-0.25, -0.2) is 0 Å². The average molecular weight is 1340 g/mol. The lowest BCUT2D eigenvalue weighted by molar-refractivity contribution is -0.143. The largest absolute Gasteiger partial charge is 0.496 e. The number of ether oxygens (including phenoxy) is 6. The smallest absolute Gasteiger partial charge is 0.310 e. The maximum atomic E-state index is 12.3. The number of methoxy groups -OCH3 is 4. The van der Waals surface area contributed by atoms with Crippen LogP contribution in [0.3, 0.4) is 0 Å². The lowest BCUT2D eigenvalue weighted by Crippen LogP contribution is -2.25. The van der Waals surface area contributed by atoms with E-state index in [1.165, 1.54) is 28.2 Å². The number of rotatable bonds is 22. The third-order valence-electron chi connectivity index (χ3n) is 12.9. The Hall–Kier alpha value is -9.06. The Labute approximate surface area is 548 Å². The molecule has 6 N–H and O–H groups in total. The number of thioether (sulfide) groups is 4. The predicted octanol–water partition coefficient (Wildman–Crippen LogP) is 8.01. The third kappa shape index (κ3) is 23.3. The summed E-state index contributed by atoms with van der Waals surface area (Å²) < 4.78 is 30.8. The number of hydrogen-bond donors (Lipinski definition) is 6. The van der Waals surface area contributed by atoms with Gasteiger partial charge >= 0.3 is 17.9 Å². The number of nitrogens with one attached hydrogen (secondary N) is 5. The normalized spacial score (nSPS) is 16.5. The maximum Gasteiger partial charge on any atom is 0.310 e. The fraction of sp³-hybridized carbons (Fsp3) is 0.302. The van der Waals surface area contributed by atoms with Crippen LogP contribution < -0.4 is 45.5 Å². The molecular weight excluding hydrogens is 1270 g/mol. The van der Waals surface area contributed by atoms with Gasteiger partial charge in [0.2, 0.25) is 23.6 Å². The van der Waals surface area contributed by atoms with Crippen molar-refractivity contribution in [3.8, 4) is 23.0 Å². The van der Waals surface area contributed by atoms with Crippen molar-refractivity contribution in [2.24, 2.45) is 0 Å². The van der Waals surface area contributed by atoms with Gasteiger partial charge in [0.15, 0.2) is 0 Å². The van der Waals surface area contributed by atoms with E-state index >= 15 is 0 Å². The molecule has 0 bridgehead atoms. The van der Waals surface area contributed by atoms with E-state index in [-0.39, 0.29) is 77.0 Å². The Morgan fingerprint density at radius 2 is 0.880 bits per heavy atom. The molecule has 9 rings (SSSR count). The van der Waals surface area contributed by atoms with Crippen molar-refractivity contribution in [1.82, 2.24) is 21.3 Å². The zero-order valence-electron chi connectivity index (χ0n) is 51.0. The molecule has 4 aliphatic heterocycles. The van der Waals surface area contributed by atoms with Crippen molar-refractivity contribution >= 4 is 135 Å². The van der Waals surface area contributed by atoms with Crippen LogP contribution >= 0.6 is 47.0 Å². The highest BCUT2D eigenvalue weighted by molar-refractivity contribution is 8.18. The van der Waals surface area contributed by atoms with Crippen molar-refractivity contribution in [1.29, 1.82) is 0 Å². The summed E-state index contributed by atoms with van der Waals surface area (Å²) in [6, 6.07) is 30.4. The van der Waals surface area contributed by atoms with E-state index in [1.54, 1.807) is 75.6 Å². The Balaban J connectivity index is 0.000000221. The summed E-state index contributed by atoms with van der Waals surface area (Å²) in [4.78, 5) is 138. The van der Waals surface area contributed by atoms with Crippen LogP contribution in [0.25, 0.3) is 6.08 Å². The lowest BCUT2D eigenvalue weighted by Gasteiger charge is -2.12. The summed E-state index contributed by atoms with van der Waals surface area (Å²) in [7, 11) is 10.6. The number of benzene rings is 5. The van der Waals surface area contributed by atoms with Gasteiger partial charge in [-0.15, -0.1) is 0 Å². The number of esters is 2. The van der Waals surface area contributed by atoms with Gasteiger partial charge in [0, 0.05) is 27.9 Å². The van der Waals surface area contributed by atoms with E-state index in [4.69, 9.17) is 33.5 Å². The van der Waals surface area contributed by atoms with E-state index in [2.05, 4.69) is 34.4 Å². The number of para-hydroxylation sites is 1. The van der Waals surface area contributed by atoms with Crippen LogP contribution in [0.1, 0.15) is 58.4 Å². The minimum Gasteiger partial charge on any atom is -0.496 e. The molecule has 484 valence electrons. The van der Waals surface area contributed by atoms with Crippen molar-refractivity contribution in [3.05, 3.63) is 153 Å². The highest BCUT2D eigenvalue weighted by Gasteiger charge is 2.34. The van der Waals surface area contributed by atoms with Crippen LogP contribution in [0.5, 0.6) is 23.0 Å². The number of carbonyl (C=O) groups excluding carboxylic acids is 11. The molecule has 0 saturated carbocycles. The van der Waals surface area contributed by atoms with Crippen LogP contribution in [-0.4, -0.2) is 139 Å². The fourth-order valence-electron chi connectivity index (χ4n) is 8.91. The number of carboxylic acids is 1. The first-order chi connectivity index (χ1) is 44.1. The molecule has 5 aromatic rings. The number of anilines is 1. The molecule has 3 atom stereocenters. The Morgan fingerprint density at radius 1 is 0.500 bits per heavy atom. The van der Waals surface area contributed by atoms with Crippen molar-refractivity contribution in [2.75, 3.05) is 47.0 Å². The fourth-order valence-corrected chi connectivity index (χ4v) is 12.2. The molecule has 3 unspecified atom stereocenters. The third-order valence-corrected chi connectivity index (χ3v) is 16.6. The number of carboxylic acid groups (broad SMARTS) is 1. The predicted molar refractivity (Wildman–Crippen MR) is 349 cm³/mol. The molecule has 92 heavy (non-hydrogen) atoms. The van der Waals surface area contributed by atoms with Crippen molar-refractivity contribution in [2.45, 2.75) is 81.4 Å². The van der Waals surface area contributed by atoms with Crippen molar-refractivity contribution in [3.63, 3.8) is 0 Å². The average Bonchev–Trinajstić information content (AvgIpc) is 1.55. The topological polar surface area (TPSA) is 341 Å². The summed E-state index contributed by atoms with van der Waals surface area (Å²) in [6.45, 7) is 5.62. The first-order valence-corrected chi connectivity index (χ1v) is 31.5. The molecule has 4 heterocycles. The maximum absolute atomic E-state index is 12.3. The number of aliphatic carboxylic acids is 1. The molecule has 4 fully saturated rings. The van der Waals surface area contributed by atoms with Crippen LogP contribution in [0.4, 0.5) is 24.9 Å². The highest BCUT2D eigenvalue weighted by Crippen LogP contribution is 2.31. The van der Waals surface area contributed by atoms with Crippen LogP contribution in [-0.2, 0) is 92.8 Å². The Kier molecular flexibility index (Phi) is 29.9. The summed E-state index contributed by atoms with van der Waals surface area (Å²) >= 11 is 3.77. The SMILES string of the molecule is CCOC(=O)Cc1cc(C=C2SC(=O)NC2=O)ccc1OC.CCOC(=O)Cc1cc(CC2SC(=O)NC2=O)ccc1OC.COc1ccc(CC2SC(=O)NC2=O)cc1CC(=O)Nc1ccccc1.COc1ccc(CC2SC(=O)NC2=O)cc1CC(=O)O.[B]C. The molecule has 4 saturated heterocycles. The summed E-state index contributed by atoms with van der Waals surface area (Å²) in [5.74, 6) is -0.822. The van der Waals surface area contributed by atoms with Crippen LogP contribution in [0.15, 0.2) is 108 Å². The molecule has 0 aliphatic carbocycles. The highest BCUT2D eigenvalue weighted by atomic mass is 32.2. The van der Waals surface area contributed by atoms with Gasteiger partial charge in [0.05, 0.1) is 95.8 Å². The molecule has 0 aromatic heterocycles. The second-order valence-corrected chi connectivity index (χ2v) is 23.8. The summed E-state index contributed by atoms with van der Waals surface area (Å²) in [5, 5.41) is 17.9. The molecular formula is C63H66BN5O19S4. The van der Waals surface area contributed by atoms with E-state index in [1.807, 2.05) is 54.6 Å². The van der Waals surface area contributed by atoms with Gasteiger partial charge in [-0.05, 0) is 116 Å². The second-order valence-electron chi connectivity index (χ2n) is 19.2. The second kappa shape index (κ2) is 37.3. The number of hydrogen-bond acceptors (Lipinski definition) is 22. The van der Waals surface area contributed by atoms with E-state index in [0.717, 1.165) is 75.0 Å². The molecule has 29 heteroatoms. The molecule has 2 radical (unpaired) electrons. The first kappa shape index (κ1) is 73.7. The summed E-state index contributed by atoms with van der Waals surface area (Å²) in [5.41, 5.74) is 6.60. The Bertz CT molecular complexity index is 3590. The minimum atomic E-state index is -0.955. The monoisotopic (exact) mass is 1340 g/mol. The van der Waals surface area contributed by atoms with Crippen LogP contribution in [0.2, 0.25) is 6.82 Å².